The zero-order valence-corrected chi connectivity index (χ0v) is 9.70. The molecule has 2 aliphatic rings. The lowest BCUT2D eigenvalue weighted by Gasteiger charge is -2.01. The van der Waals surface area contributed by atoms with Gasteiger partial charge in [0, 0.05) is 16.4 Å². The fourth-order valence-corrected chi connectivity index (χ4v) is 2.24. The van der Waals surface area contributed by atoms with Crippen molar-refractivity contribution in [3.8, 4) is 0 Å². The lowest BCUT2D eigenvalue weighted by molar-refractivity contribution is 1.40. The van der Waals surface area contributed by atoms with Crippen molar-refractivity contribution < 1.29 is 0 Å². The molecule has 2 N–H and O–H groups in total. The number of hydrogen-bond donors (Lipinski definition) is 1. The van der Waals surface area contributed by atoms with Crippen LogP contribution < -0.4 is 16.2 Å². The molecule has 2 aliphatic carbocycles. The van der Waals surface area contributed by atoms with Crippen LogP contribution in [0.4, 0.5) is 0 Å². The largest absolute Gasteiger partial charge is 0.397 e. The summed E-state index contributed by atoms with van der Waals surface area (Å²) in [6, 6.07) is 8.25. The molecule has 0 spiro atoms. The van der Waals surface area contributed by atoms with Gasteiger partial charge in [-0.1, -0.05) is 36.4 Å². The van der Waals surface area contributed by atoms with Crippen molar-refractivity contribution in [3.05, 3.63) is 75.9 Å². The zero-order valence-electron chi connectivity index (χ0n) is 9.70. The Morgan fingerprint density at radius 1 is 0.941 bits per heavy atom. The maximum Gasteiger partial charge on any atom is 0.0546 e. The van der Waals surface area contributed by atoms with E-state index in [1.807, 2.05) is 30.4 Å². The molecule has 82 valence electrons. The second-order valence-corrected chi connectivity index (χ2v) is 4.25. The van der Waals surface area contributed by atoms with E-state index in [-0.39, 0.29) is 0 Å². The van der Waals surface area contributed by atoms with Gasteiger partial charge in [-0.25, -0.2) is 0 Å². The summed E-state index contributed by atoms with van der Waals surface area (Å²) in [4.78, 5) is 0. The molecule has 1 nitrogen and oxygen atoms in total. The van der Waals surface area contributed by atoms with Crippen LogP contribution in [0.25, 0.3) is 11.3 Å². The van der Waals surface area contributed by atoms with Crippen molar-refractivity contribution in [3.63, 3.8) is 0 Å². The van der Waals surface area contributed by atoms with Crippen molar-refractivity contribution in [1.82, 2.24) is 0 Å². The highest BCUT2D eigenvalue weighted by Gasteiger charge is 2.08. The van der Waals surface area contributed by atoms with E-state index in [9.17, 15) is 0 Å². The molecule has 0 atom stereocenters. The summed E-state index contributed by atoms with van der Waals surface area (Å²) in [5.41, 5.74) is 13.7. The normalized spacial score (nSPS) is 17.0. The predicted molar refractivity (Wildman–Crippen MR) is 71.2 cm³/mol. The average Bonchev–Trinajstić information content (AvgIpc) is 2.66. The predicted octanol–water partition coefficient (Wildman–Crippen LogP) is 1.52. The van der Waals surface area contributed by atoms with Crippen LogP contribution in [0, 0.1) is 0 Å². The van der Waals surface area contributed by atoms with Crippen LogP contribution in [0.15, 0.2) is 65.4 Å². The first kappa shape index (κ1) is 9.95. The van der Waals surface area contributed by atoms with Crippen LogP contribution in [-0.4, -0.2) is 0 Å². The van der Waals surface area contributed by atoms with Crippen LogP contribution in [0.1, 0.15) is 6.92 Å². The van der Waals surface area contributed by atoms with Crippen molar-refractivity contribution in [2.24, 2.45) is 5.73 Å². The Bertz CT molecular complexity index is 675. The summed E-state index contributed by atoms with van der Waals surface area (Å²) < 4.78 is 0. The van der Waals surface area contributed by atoms with Gasteiger partial charge < -0.3 is 5.73 Å². The summed E-state index contributed by atoms with van der Waals surface area (Å²) in [6.45, 7) is 2.12. The van der Waals surface area contributed by atoms with Gasteiger partial charge in [-0.05, 0) is 29.9 Å². The Hall–Kier alpha value is -2.24. The van der Waals surface area contributed by atoms with E-state index in [0.717, 1.165) is 22.1 Å². The second-order valence-electron chi connectivity index (χ2n) is 4.25. The molecule has 3 rings (SSSR count). The third kappa shape index (κ3) is 1.49. The second kappa shape index (κ2) is 3.65. The van der Waals surface area contributed by atoms with Gasteiger partial charge in [0.15, 0.2) is 0 Å². The van der Waals surface area contributed by atoms with Crippen molar-refractivity contribution >= 4 is 11.3 Å². The lowest BCUT2D eigenvalue weighted by Crippen LogP contribution is -2.30. The van der Waals surface area contributed by atoms with Gasteiger partial charge in [-0.3, -0.25) is 0 Å². The SMILES string of the molecule is CC1=c2ccccc2=C(N)C2=C=C1C=CC=C2. The Balaban J connectivity index is 2.57. The topological polar surface area (TPSA) is 26.0 Å². The molecule has 0 aromatic heterocycles. The monoisotopic (exact) mass is 219 g/mol. The molecule has 0 heterocycles. The molecule has 1 heteroatoms. The molecule has 17 heavy (non-hydrogen) atoms. The van der Waals surface area contributed by atoms with Gasteiger partial charge in [0.2, 0.25) is 0 Å². The highest BCUT2D eigenvalue weighted by atomic mass is 14.6. The molecule has 0 unspecified atom stereocenters. The summed E-state index contributed by atoms with van der Waals surface area (Å²) in [7, 11) is 0. The van der Waals surface area contributed by atoms with Gasteiger partial charge in [-0.15, -0.1) is 5.73 Å². The highest BCUT2D eigenvalue weighted by molar-refractivity contribution is 5.76. The van der Waals surface area contributed by atoms with Gasteiger partial charge >= 0.3 is 0 Å². The molecule has 0 radical (unpaired) electrons. The minimum Gasteiger partial charge on any atom is -0.397 e. The molecule has 0 fully saturated rings. The number of allylic oxidation sites excluding steroid dienone is 3. The third-order valence-electron chi connectivity index (χ3n) is 3.22. The van der Waals surface area contributed by atoms with Crippen LogP contribution in [0.5, 0.6) is 0 Å². The fraction of sp³-hybridized carbons (Fsp3) is 0.0625. The van der Waals surface area contributed by atoms with E-state index in [2.05, 4.69) is 30.9 Å². The Labute approximate surface area is 100 Å². The highest BCUT2D eigenvalue weighted by Crippen LogP contribution is 2.17. The zero-order chi connectivity index (χ0) is 11.8. The van der Waals surface area contributed by atoms with E-state index in [0.29, 0.717) is 0 Å². The van der Waals surface area contributed by atoms with Crippen LogP contribution in [0.2, 0.25) is 0 Å². The quantitative estimate of drug-likeness (QED) is 0.658. The van der Waals surface area contributed by atoms with Crippen LogP contribution >= 0.6 is 0 Å². The van der Waals surface area contributed by atoms with Crippen molar-refractivity contribution in [1.29, 1.82) is 0 Å². The maximum atomic E-state index is 6.24. The summed E-state index contributed by atoms with van der Waals surface area (Å²) in [6.07, 6.45) is 8.12. The average molecular weight is 219 g/mol. The first-order chi connectivity index (χ1) is 8.27. The van der Waals surface area contributed by atoms with E-state index in [1.54, 1.807) is 0 Å². The molecule has 0 amide bonds. The van der Waals surface area contributed by atoms with Gasteiger partial charge in [0.25, 0.3) is 0 Å². The number of fused-ring (bicyclic) bond motifs is 1. The molecule has 2 bridgehead atoms. The van der Waals surface area contributed by atoms with Crippen LogP contribution in [0.3, 0.4) is 0 Å². The number of nitrogens with two attached hydrogens (primary N) is 1. The Morgan fingerprint density at radius 3 is 2.35 bits per heavy atom. The van der Waals surface area contributed by atoms with E-state index in [1.165, 1.54) is 10.8 Å². The smallest absolute Gasteiger partial charge is 0.0546 e. The van der Waals surface area contributed by atoms with Crippen molar-refractivity contribution in [2.45, 2.75) is 6.92 Å². The van der Waals surface area contributed by atoms with Gasteiger partial charge in [-0.2, -0.15) is 0 Å². The lowest BCUT2D eigenvalue weighted by atomic mass is 10.0. The van der Waals surface area contributed by atoms with E-state index < -0.39 is 0 Å². The minimum atomic E-state index is 0.801. The number of benzene rings is 1. The Kier molecular flexibility index (Phi) is 2.14. The number of hydrogen-bond acceptors (Lipinski definition) is 1. The minimum absolute atomic E-state index is 0.801. The van der Waals surface area contributed by atoms with E-state index in [4.69, 9.17) is 5.73 Å². The molecule has 0 saturated heterocycles. The first-order valence-electron chi connectivity index (χ1n) is 5.69. The molecule has 1 aromatic carbocycles. The summed E-state index contributed by atoms with van der Waals surface area (Å²) >= 11 is 0. The fourth-order valence-electron chi connectivity index (χ4n) is 2.24. The van der Waals surface area contributed by atoms with Gasteiger partial charge in [0.05, 0.1) is 5.70 Å². The molecule has 1 aromatic rings. The molecular formula is C16H13N. The molecular weight excluding hydrogens is 206 g/mol. The summed E-state index contributed by atoms with van der Waals surface area (Å²) in [5, 5.41) is 2.30. The van der Waals surface area contributed by atoms with Crippen molar-refractivity contribution in [2.75, 3.05) is 0 Å². The van der Waals surface area contributed by atoms with Crippen LogP contribution in [-0.2, 0) is 0 Å². The standard InChI is InChI=1S/C16H13N/c1-11-12-6-2-3-7-13(10-12)16(17)15-9-5-4-8-14(11)15/h2-9H,17H2,1H3. The number of rotatable bonds is 0. The first-order valence-corrected chi connectivity index (χ1v) is 5.69. The van der Waals surface area contributed by atoms with E-state index >= 15 is 0 Å². The third-order valence-corrected chi connectivity index (χ3v) is 3.22. The molecule has 0 saturated carbocycles. The summed E-state index contributed by atoms with van der Waals surface area (Å²) in [5.74, 6) is 0. The molecule has 0 aliphatic heterocycles. The maximum absolute atomic E-state index is 6.24. The Morgan fingerprint density at radius 2 is 1.59 bits per heavy atom. The van der Waals surface area contributed by atoms with Gasteiger partial charge in [0.1, 0.15) is 0 Å².